The molecule has 41 heavy (non-hydrogen) atoms. The highest BCUT2D eigenvalue weighted by atomic mass is 79.9. The monoisotopic (exact) mass is 647 g/mol. The molecule has 0 N–H and O–H groups in total. The Labute approximate surface area is 252 Å². The van der Waals surface area contributed by atoms with Crippen molar-refractivity contribution in [3.63, 3.8) is 0 Å². The summed E-state index contributed by atoms with van der Waals surface area (Å²) in [6, 6.07) is 25.5. The zero-order valence-corrected chi connectivity index (χ0v) is 24.6. The van der Waals surface area contributed by atoms with Gasteiger partial charge in [0.25, 0.3) is 5.56 Å². The molecule has 0 amide bonds. The van der Waals surface area contributed by atoms with Crippen molar-refractivity contribution in [2.24, 2.45) is 5.10 Å². The van der Waals surface area contributed by atoms with E-state index in [1.165, 1.54) is 18.0 Å². The fourth-order valence-electron chi connectivity index (χ4n) is 4.32. The van der Waals surface area contributed by atoms with E-state index in [4.69, 9.17) is 42.1 Å². The molecule has 0 bridgehead atoms. The van der Waals surface area contributed by atoms with E-state index in [1.54, 1.807) is 36.4 Å². The first kappa shape index (κ1) is 27.1. The lowest BCUT2D eigenvalue weighted by molar-refractivity contribution is 0.284. The number of furan rings is 1. The third-order valence-electron chi connectivity index (χ3n) is 6.38. The first-order valence-electron chi connectivity index (χ1n) is 12.4. The standard InChI is InChI=1S/C31H20BrCl2N3O4/c1-39-25-15-20(27(32)28(34)29(25)40-17-18-10-12-21(33)13-11-18)16-35-37-30(26-14-19-6-2-5-9-24(19)41-26)36-23-8-4-3-7-22(23)31(37)38/h2-16H,17H2,1H3. The molecule has 0 atom stereocenters. The molecule has 0 saturated heterocycles. The molecule has 6 rings (SSSR count). The van der Waals surface area contributed by atoms with Crippen LogP contribution in [0.5, 0.6) is 11.5 Å². The largest absolute Gasteiger partial charge is 0.493 e. The molecule has 10 heteroatoms. The van der Waals surface area contributed by atoms with Crippen LogP contribution < -0.4 is 15.0 Å². The summed E-state index contributed by atoms with van der Waals surface area (Å²) in [4.78, 5) is 18.3. The number of fused-ring (bicyclic) bond motifs is 2. The second-order valence-corrected chi connectivity index (χ2v) is 10.6. The molecule has 6 aromatic rings. The average Bonchev–Trinajstić information content (AvgIpc) is 3.43. The summed E-state index contributed by atoms with van der Waals surface area (Å²) in [7, 11) is 1.52. The van der Waals surface area contributed by atoms with Gasteiger partial charge in [0, 0.05) is 20.4 Å². The van der Waals surface area contributed by atoms with Gasteiger partial charge in [0.1, 0.15) is 17.2 Å². The van der Waals surface area contributed by atoms with Gasteiger partial charge in [-0.25, -0.2) is 4.98 Å². The van der Waals surface area contributed by atoms with Gasteiger partial charge in [0.15, 0.2) is 17.3 Å². The van der Waals surface area contributed by atoms with Crippen LogP contribution in [0, 0.1) is 0 Å². The van der Waals surface area contributed by atoms with Gasteiger partial charge in [-0.1, -0.05) is 65.7 Å². The highest BCUT2D eigenvalue weighted by Crippen LogP contribution is 2.42. The number of halogens is 3. The van der Waals surface area contributed by atoms with Crippen molar-refractivity contribution in [2.75, 3.05) is 7.11 Å². The van der Waals surface area contributed by atoms with E-state index >= 15 is 0 Å². The normalized spacial score (nSPS) is 11.5. The van der Waals surface area contributed by atoms with Gasteiger partial charge in [0.05, 0.1) is 24.2 Å². The van der Waals surface area contributed by atoms with Crippen LogP contribution in [0.1, 0.15) is 11.1 Å². The van der Waals surface area contributed by atoms with Crippen LogP contribution in [0.15, 0.2) is 104 Å². The molecule has 0 aliphatic carbocycles. The van der Waals surface area contributed by atoms with Gasteiger partial charge in [-0.15, -0.1) is 0 Å². The molecule has 0 fully saturated rings. The third-order valence-corrected chi connectivity index (χ3v) is 8.08. The minimum absolute atomic E-state index is 0.256. The minimum atomic E-state index is -0.348. The zero-order chi connectivity index (χ0) is 28.5. The predicted molar refractivity (Wildman–Crippen MR) is 166 cm³/mol. The van der Waals surface area contributed by atoms with Crippen LogP contribution in [-0.4, -0.2) is 23.0 Å². The van der Waals surface area contributed by atoms with E-state index in [0.717, 1.165) is 10.9 Å². The molecule has 4 aromatic carbocycles. The maximum absolute atomic E-state index is 13.6. The Balaban J connectivity index is 1.42. The predicted octanol–water partition coefficient (Wildman–Crippen LogP) is 8.35. The maximum Gasteiger partial charge on any atom is 0.282 e. The second kappa shape index (κ2) is 11.4. The molecule has 0 aliphatic heterocycles. The molecule has 0 unspecified atom stereocenters. The van der Waals surface area contributed by atoms with Crippen LogP contribution in [0.4, 0.5) is 0 Å². The van der Waals surface area contributed by atoms with Crippen LogP contribution in [0.25, 0.3) is 33.5 Å². The number of rotatable bonds is 7. The summed E-state index contributed by atoms with van der Waals surface area (Å²) >= 11 is 16.2. The Hall–Kier alpha value is -4.11. The Morgan fingerprint density at radius 1 is 1.02 bits per heavy atom. The number of para-hydroxylation sites is 2. The summed E-state index contributed by atoms with van der Waals surface area (Å²) in [5.41, 5.74) is 2.33. The smallest absolute Gasteiger partial charge is 0.282 e. The van der Waals surface area contributed by atoms with Gasteiger partial charge in [-0.05, 0) is 64.0 Å². The highest BCUT2D eigenvalue weighted by Gasteiger charge is 2.19. The van der Waals surface area contributed by atoms with Crippen molar-refractivity contribution in [1.82, 2.24) is 9.66 Å². The lowest BCUT2D eigenvalue weighted by atomic mass is 10.2. The first-order valence-corrected chi connectivity index (χ1v) is 14.0. The van der Waals surface area contributed by atoms with Crippen molar-refractivity contribution in [2.45, 2.75) is 6.61 Å². The lowest BCUT2D eigenvalue weighted by Crippen LogP contribution is -2.20. The molecule has 0 spiro atoms. The summed E-state index contributed by atoms with van der Waals surface area (Å²) in [5.74, 6) is 1.43. The number of ether oxygens (including phenoxy) is 2. The van der Waals surface area contributed by atoms with E-state index in [0.29, 0.717) is 53.8 Å². The van der Waals surface area contributed by atoms with Gasteiger partial charge in [-0.3, -0.25) is 4.79 Å². The third kappa shape index (κ3) is 5.34. The van der Waals surface area contributed by atoms with Crippen molar-refractivity contribution >= 4 is 67.2 Å². The summed E-state index contributed by atoms with van der Waals surface area (Å²) in [6.07, 6.45) is 1.51. The number of hydrogen-bond donors (Lipinski definition) is 0. The molecule has 0 aliphatic rings. The second-order valence-electron chi connectivity index (χ2n) is 9.00. The highest BCUT2D eigenvalue weighted by molar-refractivity contribution is 9.10. The van der Waals surface area contributed by atoms with Gasteiger partial charge < -0.3 is 13.9 Å². The number of hydrogen-bond acceptors (Lipinski definition) is 6. The summed E-state index contributed by atoms with van der Waals surface area (Å²) in [6.45, 7) is 0.256. The Morgan fingerprint density at radius 3 is 2.56 bits per heavy atom. The number of aromatic nitrogens is 2. The molecular formula is C31H20BrCl2N3O4. The van der Waals surface area contributed by atoms with E-state index in [2.05, 4.69) is 21.0 Å². The van der Waals surface area contributed by atoms with Crippen LogP contribution in [0.3, 0.4) is 0 Å². The van der Waals surface area contributed by atoms with Crippen molar-refractivity contribution in [3.05, 3.63) is 121 Å². The lowest BCUT2D eigenvalue weighted by Gasteiger charge is -2.15. The van der Waals surface area contributed by atoms with Crippen molar-refractivity contribution < 1.29 is 13.9 Å². The van der Waals surface area contributed by atoms with Gasteiger partial charge >= 0.3 is 0 Å². The Morgan fingerprint density at radius 2 is 1.78 bits per heavy atom. The number of methoxy groups -OCH3 is 1. The van der Waals surface area contributed by atoms with Crippen molar-refractivity contribution in [1.29, 1.82) is 0 Å². The average molecular weight is 649 g/mol. The molecule has 0 radical (unpaired) electrons. The fraction of sp³-hybridized carbons (Fsp3) is 0.0645. The maximum atomic E-state index is 13.6. The van der Waals surface area contributed by atoms with Crippen LogP contribution in [-0.2, 0) is 6.61 Å². The molecule has 2 heterocycles. The van der Waals surface area contributed by atoms with Crippen LogP contribution >= 0.6 is 39.1 Å². The summed E-state index contributed by atoms with van der Waals surface area (Å²) < 4.78 is 19.4. The van der Waals surface area contributed by atoms with Gasteiger partial charge in [-0.2, -0.15) is 9.78 Å². The Kier molecular flexibility index (Phi) is 7.53. The fourth-order valence-corrected chi connectivity index (χ4v) is 5.10. The van der Waals surface area contributed by atoms with Crippen LogP contribution in [0.2, 0.25) is 10.0 Å². The Bertz CT molecular complexity index is 1970. The van der Waals surface area contributed by atoms with E-state index < -0.39 is 0 Å². The first-order chi connectivity index (χ1) is 19.9. The van der Waals surface area contributed by atoms with E-state index in [1.807, 2.05) is 48.5 Å². The molecule has 2 aromatic heterocycles. The molecule has 7 nitrogen and oxygen atoms in total. The molecular weight excluding hydrogens is 629 g/mol. The molecule has 204 valence electrons. The minimum Gasteiger partial charge on any atom is -0.493 e. The number of nitrogens with zero attached hydrogens (tertiary/aromatic N) is 3. The topological polar surface area (TPSA) is 78.9 Å². The quantitative estimate of drug-likeness (QED) is 0.163. The zero-order valence-electron chi connectivity index (χ0n) is 21.5. The number of benzene rings is 4. The molecule has 0 saturated carbocycles. The van der Waals surface area contributed by atoms with E-state index in [9.17, 15) is 4.79 Å². The summed E-state index contributed by atoms with van der Waals surface area (Å²) in [5, 5.41) is 6.78. The van der Waals surface area contributed by atoms with Crippen molar-refractivity contribution in [3.8, 4) is 23.1 Å². The van der Waals surface area contributed by atoms with Gasteiger partial charge in [0.2, 0.25) is 5.82 Å². The SMILES string of the molecule is COc1cc(C=Nn2c(-c3cc4ccccc4o3)nc3ccccc3c2=O)c(Br)c(Cl)c1OCc1ccc(Cl)cc1. The van der Waals surface area contributed by atoms with E-state index in [-0.39, 0.29) is 18.0 Å².